The Morgan fingerprint density at radius 2 is 2.11 bits per heavy atom. The lowest BCUT2D eigenvalue weighted by Crippen LogP contribution is -2.49. The van der Waals surface area contributed by atoms with E-state index in [-0.39, 0.29) is 5.60 Å². The van der Waals surface area contributed by atoms with Crippen molar-refractivity contribution in [2.75, 3.05) is 26.9 Å². The largest absolute Gasteiger partial charge is 0.383 e. The van der Waals surface area contributed by atoms with Crippen LogP contribution in [0.3, 0.4) is 0 Å². The predicted octanol–water partition coefficient (Wildman–Crippen LogP) is 3.13. The lowest BCUT2D eigenvalue weighted by atomic mass is 9.74. The van der Waals surface area contributed by atoms with Gasteiger partial charge >= 0.3 is 0 Å². The van der Waals surface area contributed by atoms with Crippen molar-refractivity contribution in [1.29, 1.82) is 0 Å². The van der Waals surface area contributed by atoms with Crippen LogP contribution in [0.5, 0.6) is 0 Å². The van der Waals surface area contributed by atoms with Crippen molar-refractivity contribution in [2.24, 2.45) is 5.92 Å². The molecule has 1 spiro atoms. The monoisotopic (exact) mass is 269 g/mol. The summed E-state index contributed by atoms with van der Waals surface area (Å²) in [7, 11) is 1.82. The van der Waals surface area contributed by atoms with Crippen LogP contribution in [0.1, 0.15) is 58.3 Å². The average Bonchev–Trinajstić information content (AvgIpc) is 2.44. The number of methoxy groups -OCH3 is 1. The molecule has 2 rings (SSSR count). The second kappa shape index (κ2) is 7.61. The van der Waals surface area contributed by atoms with E-state index in [1.807, 2.05) is 7.11 Å². The van der Waals surface area contributed by atoms with Gasteiger partial charge in [-0.05, 0) is 44.6 Å². The Kier molecular flexibility index (Phi) is 6.11. The Labute approximate surface area is 118 Å². The number of ether oxygens (including phenoxy) is 2. The fraction of sp³-hybridized carbons (Fsp3) is 1.00. The van der Waals surface area contributed by atoms with Gasteiger partial charge in [0.15, 0.2) is 0 Å². The van der Waals surface area contributed by atoms with E-state index >= 15 is 0 Å². The van der Waals surface area contributed by atoms with Gasteiger partial charge in [-0.15, -0.1) is 0 Å². The van der Waals surface area contributed by atoms with Gasteiger partial charge in [-0.25, -0.2) is 0 Å². The normalized spacial score (nSPS) is 28.4. The lowest BCUT2D eigenvalue weighted by molar-refractivity contribution is -0.124. The average molecular weight is 269 g/mol. The molecule has 0 aromatic rings. The van der Waals surface area contributed by atoms with Crippen LogP contribution >= 0.6 is 0 Å². The van der Waals surface area contributed by atoms with Crippen molar-refractivity contribution < 1.29 is 9.47 Å². The number of rotatable bonds is 6. The van der Waals surface area contributed by atoms with E-state index in [9.17, 15) is 0 Å². The molecule has 19 heavy (non-hydrogen) atoms. The summed E-state index contributed by atoms with van der Waals surface area (Å²) in [4.78, 5) is 0. The van der Waals surface area contributed by atoms with Crippen LogP contribution in [0.15, 0.2) is 0 Å². The van der Waals surface area contributed by atoms with Crippen molar-refractivity contribution >= 4 is 0 Å². The van der Waals surface area contributed by atoms with Crippen LogP contribution in [0.25, 0.3) is 0 Å². The van der Waals surface area contributed by atoms with Gasteiger partial charge in [0.25, 0.3) is 0 Å². The molecule has 0 aromatic carbocycles. The topological polar surface area (TPSA) is 30.5 Å². The van der Waals surface area contributed by atoms with E-state index in [2.05, 4.69) is 12.2 Å². The van der Waals surface area contributed by atoms with Gasteiger partial charge in [-0.3, -0.25) is 0 Å². The molecule has 0 bridgehead atoms. The summed E-state index contributed by atoms with van der Waals surface area (Å²) < 4.78 is 11.6. The molecule has 2 fully saturated rings. The fourth-order valence-corrected chi connectivity index (χ4v) is 3.82. The Hall–Kier alpha value is -0.120. The van der Waals surface area contributed by atoms with E-state index in [0.29, 0.717) is 6.04 Å². The lowest BCUT2D eigenvalue weighted by Gasteiger charge is -2.45. The molecule has 0 aromatic heterocycles. The first kappa shape index (κ1) is 15.3. The molecule has 2 unspecified atom stereocenters. The molecule has 1 heterocycles. The highest BCUT2D eigenvalue weighted by molar-refractivity contribution is 4.93. The first-order valence-electron chi connectivity index (χ1n) is 8.16. The highest BCUT2D eigenvalue weighted by Crippen LogP contribution is 2.41. The third kappa shape index (κ3) is 4.17. The first-order valence-corrected chi connectivity index (χ1v) is 8.16. The van der Waals surface area contributed by atoms with Gasteiger partial charge in [-0.2, -0.15) is 0 Å². The van der Waals surface area contributed by atoms with Crippen LogP contribution in [-0.2, 0) is 9.47 Å². The standard InChI is InChI=1S/C16H31NO2/c1-3-10-17-15(13-18-2)14-7-11-19-16(12-14)8-5-4-6-9-16/h14-15,17H,3-13H2,1-2H3. The van der Waals surface area contributed by atoms with Crippen molar-refractivity contribution in [3.05, 3.63) is 0 Å². The first-order chi connectivity index (χ1) is 9.29. The van der Waals surface area contributed by atoms with Crippen molar-refractivity contribution in [3.63, 3.8) is 0 Å². The maximum absolute atomic E-state index is 6.20. The second-order valence-electron chi connectivity index (χ2n) is 6.36. The van der Waals surface area contributed by atoms with E-state index in [0.717, 1.165) is 25.7 Å². The number of hydrogen-bond acceptors (Lipinski definition) is 3. The Morgan fingerprint density at radius 1 is 1.32 bits per heavy atom. The molecule has 112 valence electrons. The maximum Gasteiger partial charge on any atom is 0.0685 e. The van der Waals surface area contributed by atoms with E-state index < -0.39 is 0 Å². The minimum absolute atomic E-state index is 0.209. The van der Waals surface area contributed by atoms with Crippen LogP contribution in [-0.4, -0.2) is 38.5 Å². The van der Waals surface area contributed by atoms with Gasteiger partial charge in [-0.1, -0.05) is 26.2 Å². The highest BCUT2D eigenvalue weighted by Gasteiger charge is 2.40. The minimum atomic E-state index is 0.209. The zero-order valence-corrected chi connectivity index (χ0v) is 12.7. The Balaban J connectivity index is 1.93. The molecule has 3 nitrogen and oxygen atoms in total. The van der Waals surface area contributed by atoms with E-state index in [1.165, 1.54) is 51.4 Å². The van der Waals surface area contributed by atoms with Gasteiger partial charge < -0.3 is 14.8 Å². The molecule has 0 radical (unpaired) electrons. The smallest absolute Gasteiger partial charge is 0.0685 e. The Morgan fingerprint density at radius 3 is 2.79 bits per heavy atom. The third-order valence-electron chi connectivity index (χ3n) is 4.87. The third-order valence-corrected chi connectivity index (χ3v) is 4.87. The summed E-state index contributed by atoms with van der Waals surface area (Å²) >= 11 is 0. The quantitative estimate of drug-likeness (QED) is 0.803. The second-order valence-corrected chi connectivity index (χ2v) is 6.36. The molecule has 1 aliphatic heterocycles. The molecule has 1 saturated heterocycles. The van der Waals surface area contributed by atoms with Gasteiger partial charge in [0.05, 0.1) is 12.2 Å². The van der Waals surface area contributed by atoms with Crippen LogP contribution in [0.2, 0.25) is 0 Å². The minimum Gasteiger partial charge on any atom is -0.383 e. The molecule has 3 heteroatoms. The zero-order valence-electron chi connectivity index (χ0n) is 12.7. The fourth-order valence-electron chi connectivity index (χ4n) is 3.82. The zero-order chi connectivity index (χ0) is 13.6. The van der Waals surface area contributed by atoms with Gasteiger partial charge in [0, 0.05) is 19.8 Å². The molecule has 1 saturated carbocycles. The van der Waals surface area contributed by atoms with E-state index in [4.69, 9.17) is 9.47 Å². The Bertz CT molecular complexity index is 246. The van der Waals surface area contributed by atoms with Crippen LogP contribution in [0, 0.1) is 5.92 Å². The molecule has 1 aliphatic carbocycles. The summed E-state index contributed by atoms with van der Waals surface area (Å²) in [6.07, 6.45) is 10.3. The number of hydrogen-bond donors (Lipinski definition) is 1. The molecular weight excluding hydrogens is 238 g/mol. The molecule has 2 aliphatic rings. The molecular formula is C16H31NO2. The summed E-state index contributed by atoms with van der Waals surface area (Å²) in [5.74, 6) is 0.721. The molecule has 0 amide bonds. The summed E-state index contributed by atoms with van der Waals surface area (Å²) in [6, 6.07) is 0.507. The van der Waals surface area contributed by atoms with Crippen LogP contribution in [0.4, 0.5) is 0 Å². The highest BCUT2D eigenvalue weighted by atomic mass is 16.5. The van der Waals surface area contributed by atoms with Gasteiger partial charge in [0.2, 0.25) is 0 Å². The van der Waals surface area contributed by atoms with Crippen molar-refractivity contribution in [1.82, 2.24) is 5.32 Å². The van der Waals surface area contributed by atoms with E-state index in [1.54, 1.807) is 0 Å². The summed E-state index contributed by atoms with van der Waals surface area (Å²) in [5.41, 5.74) is 0.209. The maximum atomic E-state index is 6.20. The summed E-state index contributed by atoms with van der Waals surface area (Å²) in [6.45, 7) is 5.10. The SMILES string of the molecule is CCCNC(COC)C1CCOC2(CCCCC2)C1. The summed E-state index contributed by atoms with van der Waals surface area (Å²) in [5, 5.41) is 3.68. The van der Waals surface area contributed by atoms with Gasteiger partial charge in [0.1, 0.15) is 0 Å². The van der Waals surface area contributed by atoms with Crippen LogP contribution < -0.4 is 5.32 Å². The molecule has 1 N–H and O–H groups in total. The molecule has 2 atom stereocenters. The predicted molar refractivity (Wildman–Crippen MR) is 78.4 cm³/mol. The van der Waals surface area contributed by atoms with Crippen molar-refractivity contribution in [2.45, 2.75) is 69.9 Å². The number of nitrogens with one attached hydrogen (secondary N) is 1. The van der Waals surface area contributed by atoms with Crippen molar-refractivity contribution in [3.8, 4) is 0 Å².